The standard InChI is InChI=1S/C16H17N3S/c1-19-11-12-20-16(19)18-15-9-7-14(8-10-15)17-13-5-3-2-4-6-13/h2-10,17H,11-12H2,1H3. The molecule has 1 heterocycles. The summed E-state index contributed by atoms with van der Waals surface area (Å²) in [6.07, 6.45) is 0. The fourth-order valence-electron chi connectivity index (χ4n) is 2.02. The van der Waals surface area contributed by atoms with E-state index in [9.17, 15) is 0 Å². The van der Waals surface area contributed by atoms with Crippen LogP contribution in [0.3, 0.4) is 0 Å². The Kier molecular flexibility index (Phi) is 3.92. The predicted molar refractivity (Wildman–Crippen MR) is 88.3 cm³/mol. The number of nitrogens with zero attached hydrogens (tertiary/aromatic N) is 2. The van der Waals surface area contributed by atoms with Crippen LogP contribution in [0.25, 0.3) is 0 Å². The Balaban J connectivity index is 1.72. The van der Waals surface area contributed by atoms with Crippen LogP contribution in [0.2, 0.25) is 0 Å². The Bertz CT molecular complexity index is 593. The van der Waals surface area contributed by atoms with Gasteiger partial charge in [0.05, 0.1) is 5.69 Å². The van der Waals surface area contributed by atoms with Crippen LogP contribution < -0.4 is 5.32 Å². The number of aliphatic imine (C=N–C) groups is 1. The number of nitrogens with one attached hydrogen (secondary N) is 1. The van der Waals surface area contributed by atoms with Crippen LogP contribution in [0.4, 0.5) is 17.1 Å². The maximum absolute atomic E-state index is 4.67. The number of para-hydroxylation sites is 1. The molecule has 0 saturated carbocycles. The first-order chi connectivity index (χ1) is 9.81. The molecule has 4 heteroatoms. The molecule has 1 fully saturated rings. The summed E-state index contributed by atoms with van der Waals surface area (Å²) in [6, 6.07) is 18.4. The van der Waals surface area contributed by atoms with Crippen molar-refractivity contribution in [2.45, 2.75) is 0 Å². The van der Waals surface area contributed by atoms with Crippen molar-refractivity contribution in [2.24, 2.45) is 4.99 Å². The van der Waals surface area contributed by atoms with Gasteiger partial charge in [0.1, 0.15) is 0 Å². The lowest BCUT2D eigenvalue weighted by Gasteiger charge is -2.10. The number of hydrogen-bond acceptors (Lipinski definition) is 3. The second-order valence-corrected chi connectivity index (χ2v) is 5.76. The molecule has 3 nitrogen and oxygen atoms in total. The minimum atomic E-state index is 1.000. The first-order valence-corrected chi connectivity index (χ1v) is 7.64. The van der Waals surface area contributed by atoms with E-state index in [0.717, 1.165) is 34.5 Å². The number of benzene rings is 2. The van der Waals surface area contributed by atoms with Gasteiger partial charge in [-0.15, -0.1) is 0 Å². The van der Waals surface area contributed by atoms with Gasteiger partial charge < -0.3 is 10.2 Å². The molecule has 1 aliphatic heterocycles. The highest BCUT2D eigenvalue weighted by molar-refractivity contribution is 8.14. The number of amidine groups is 1. The van der Waals surface area contributed by atoms with E-state index in [1.807, 2.05) is 42.1 Å². The lowest BCUT2D eigenvalue weighted by atomic mass is 10.2. The number of rotatable bonds is 3. The topological polar surface area (TPSA) is 27.6 Å². The molecule has 0 amide bonds. The van der Waals surface area contributed by atoms with Gasteiger partial charge in [-0.25, -0.2) is 4.99 Å². The Morgan fingerprint density at radius 1 is 1.00 bits per heavy atom. The number of thioether (sulfide) groups is 1. The Morgan fingerprint density at radius 2 is 1.70 bits per heavy atom. The lowest BCUT2D eigenvalue weighted by molar-refractivity contribution is 0.563. The largest absolute Gasteiger partial charge is 0.356 e. The van der Waals surface area contributed by atoms with Crippen molar-refractivity contribution in [3.63, 3.8) is 0 Å². The van der Waals surface area contributed by atoms with Gasteiger partial charge in [0.15, 0.2) is 5.17 Å². The molecule has 0 aliphatic carbocycles. The molecule has 1 aliphatic rings. The Morgan fingerprint density at radius 3 is 2.35 bits per heavy atom. The third-order valence-corrected chi connectivity index (χ3v) is 4.19. The van der Waals surface area contributed by atoms with Gasteiger partial charge >= 0.3 is 0 Å². The first-order valence-electron chi connectivity index (χ1n) is 6.66. The third kappa shape index (κ3) is 3.14. The quantitative estimate of drug-likeness (QED) is 0.919. The lowest BCUT2D eigenvalue weighted by Crippen LogP contribution is -2.17. The minimum absolute atomic E-state index is 1.000. The van der Waals surface area contributed by atoms with Crippen molar-refractivity contribution in [3.05, 3.63) is 54.6 Å². The minimum Gasteiger partial charge on any atom is -0.356 e. The van der Waals surface area contributed by atoms with Crippen molar-refractivity contribution in [2.75, 3.05) is 24.7 Å². The molecule has 0 unspecified atom stereocenters. The zero-order chi connectivity index (χ0) is 13.8. The highest BCUT2D eigenvalue weighted by Gasteiger charge is 2.14. The molecule has 0 spiro atoms. The van der Waals surface area contributed by atoms with Crippen LogP contribution in [0, 0.1) is 0 Å². The molecule has 0 bridgehead atoms. The molecule has 0 atom stereocenters. The molecule has 2 aromatic rings. The molecule has 0 radical (unpaired) electrons. The van der Waals surface area contributed by atoms with Crippen LogP contribution in [-0.2, 0) is 0 Å². The maximum atomic E-state index is 4.67. The monoisotopic (exact) mass is 283 g/mol. The molecule has 1 saturated heterocycles. The maximum Gasteiger partial charge on any atom is 0.164 e. The SMILES string of the molecule is CN1CCSC1=Nc1ccc(Nc2ccccc2)cc1. The van der Waals surface area contributed by atoms with Gasteiger partial charge in [-0.2, -0.15) is 0 Å². The highest BCUT2D eigenvalue weighted by Crippen LogP contribution is 2.24. The van der Waals surface area contributed by atoms with E-state index in [-0.39, 0.29) is 0 Å². The normalized spacial score (nSPS) is 16.6. The smallest absolute Gasteiger partial charge is 0.164 e. The van der Waals surface area contributed by atoms with Crippen molar-refractivity contribution in [3.8, 4) is 0 Å². The van der Waals surface area contributed by atoms with Gasteiger partial charge in [0.25, 0.3) is 0 Å². The van der Waals surface area contributed by atoms with E-state index in [0.29, 0.717) is 0 Å². The Labute approximate surface area is 123 Å². The van der Waals surface area contributed by atoms with Crippen LogP contribution >= 0.6 is 11.8 Å². The van der Waals surface area contributed by atoms with Crippen LogP contribution in [0.1, 0.15) is 0 Å². The average Bonchev–Trinajstić information content (AvgIpc) is 2.88. The van der Waals surface area contributed by atoms with Gasteiger partial charge in [-0.3, -0.25) is 0 Å². The number of anilines is 2. The summed E-state index contributed by atoms with van der Waals surface area (Å²) in [5.41, 5.74) is 3.17. The summed E-state index contributed by atoms with van der Waals surface area (Å²) < 4.78 is 0. The van der Waals surface area contributed by atoms with Gasteiger partial charge in [0.2, 0.25) is 0 Å². The summed E-state index contributed by atoms with van der Waals surface area (Å²) in [4.78, 5) is 6.86. The fraction of sp³-hybridized carbons (Fsp3) is 0.188. The van der Waals surface area contributed by atoms with Crippen LogP contribution in [0.15, 0.2) is 59.6 Å². The second kappa shape index (κ2) is 6.01. The van der Waals surface area contributed by atoms with E-state index < -0.39 is 0 Å². The van der Waals surface area contributed by atoms with Crippen LogP contribution in [0.5, 0.6) is 0 Å². The first kappa shape index (κ1) is 13.1. The summed E-state index contributed by atoms with van der Waals surface area (Å²) in [5.74, 6) is 1.13. The summed E-state index contributed by atoms with van der Waals surface area (Å²) >= 11 is 1.81. The summed E-state index contributed by atoms with van der Waals surface area (Å²) in [7, 11) is 2.09. The molecule has 1 N–H and O–H groups in total. The van der Waals surface area contributed by atoms with Crippen molar-refractivity contribution in [1.29, 1.82) is 0 Å². The zero-order valence-electron chi connectivity index (χ0n) is 11.4. The fourth-order valence-corrected chi connectivity index (χ4v) is 3.04. The van der Waals surface area contributed by atoms with Crippen molar-refractivity contribution >= 4 is 34.0 Å². The van der Waals surface area contributed by atoms with E-state index in [4.69, 9.17) is 0 Å². The second-order valence-electron chi connectivity index (χ2n) is 4.70. The van der Waals surface area contributed by atoms with Crippen molar-refractivity contribution in [1.82, 2.24) is 4.90 Å². The van der Waals surface area contributed by atoms with Crippen molar-refractivity contribution < 1.29 is 0 Å². The molecule has 0 aromatic heterocycles. The van der Waals surface area contributed by atoms with Gasteiger partial charge in [0, 0.05) is 30.7 Å². The molecular weight excluding hydrogens is 266 g/mol. The number of hydrogen-bond donors (Lipinski definition) is 1. The molecule has 2 aromatic carbocycles. The molecular formula is C16H17N3S. The Hall–Kier alpha value is -1.94. The average molecular weight is 283 g/mol. The van der Waals surface area contributed by atoms with Gasteiger partial charge in [-0.05, 0) is 36.4 Å². The van der Waals surface area contributed by atoms with E-state index in [1.165, 1.54) is 0 Å². The zero-order valence-corrected chi connectivity index (χ0v) is 12.2. The van der Waals surface area contributed by atoms with Gasteiger partial charge in [-0.1, -0.05) is 30.0 Å². The highest BCUT2D eigenvalue weighted by atomic mass is 32.2. The molecule has 20 heavy (non-hydrogen) atoms. The summed E-state index contributed by atoms with van der Waals surface area (Å²) in [5, 5.41) is 4.47. The van der Waals surface area contributed by atoms with Crippen LogP contribution in [-0.4, -0.2) is 29.4 Å². The van der Waals surface area contributed by atoms with E-state index >= 15 is 0 Å². The van der Waals surface area contributed by atoms with E-state index in [1.54, 1.807) is 0 Å². The third-order valence-electron chi connectivity index (χ3n) is 3.14. The summed E-state index contributed by atoms with van der Waals surface area (Å²) in [6.45, 7) is 1.08. The molecule has 3 rings (SSSR count). The predicted octanol–water partition coefficient (Wildman–Crippen LogP) is 4.10. The molecule has 102 valence electrons. The van der Waals surface area contributed by atoms with E-state index in [2.05, 4.69) is 46.5 Å².